The van der Waals surface area contributed by atoms with Gasteiger partial charge in [0.05, 0.1) is 0 Å². The molecule has 164 valence electrons. The van der Waals surface area contributed by atoms with E-state index in [9.17, 15) is 9.18 Å². The van der Waals surface area contributed by atoms with E-state index in [0.717, 1.165) is 31.2 Å². The Bertz CT molecular complexity index is 806. The first-order valence-corrected chi connectivity index (χ1v) is 10.00. The lowest BCUT2D eigenvalue weighted by Crippen LogP contribution is -2.49. The Labute approximate surface area is 188 Å². The molecule has 2 aromatic rings. The smallest absolute Gasteiger partial charge is 0.223 e. The van der Waals surface area contributed by atoms with E-state index in [2.05, 4.69) is 10.3 Å². The molecule has 1 aromatic heterocycles. The summed E-state index contributed by atoms with van der Waals surface area (Å²) >= 11 is 0. The lowest BCUT2D eigenvalue weighted by molar-refractivity contribution is -0.128. The normalized spacial score (nSPS) is 24.7. The van der Waals surface area contributed by atoms with E-state index in [-0.39, 0.29) is 48.5 Å². The van der Waals surface area contributed by atoms with E-state index in [4.69, 9.17) is 10.5 Å². The topological polar surface area (TPSA) is 77.2 Å². The first-order valence-electron chi connectivity index (χ1n) is 10.00. The zero-order chi connectivity index (χ0) is 19.5. The molecule has 2 atom stereocenters. The van der Waals surface area contributed by atoms with Crippen molar-refractivity contribution in [1.29, 1.82) is 0 Å². The van der Waals surface area contributed by atoms with Crippen LogP contribution in [0.3, 0.4) is 0 Å². The molecule has 2 unspecified atom stereocenters. The number of fused-ring (bicyclic) bond motifs is 2. The summed E-state index contributed by atoms with van der Waals surface area (Å²) in [6.45, 7) is 0.445. The molecule has 2 bridgehead atoms. The second-order valence-corrected chi connectivity index (χ2v) is 7.98. The second-order valence-electron chi connectivity index (χ2n) is 7.98. The summed E-state index contributed by atoms with van der Waals surface area (Å²) in [5, 5.41) is 3.05. The molecule has 0 aliphatic heterocycles. The van der Waals surface area contributed by atoms with Crippen LogP contribution in [0, 0.1) is 23.6 Å². The van der Waals surface area contributed by atoms with Crippen molar-refractivity contribution in [2.75, 3.05) is 0 Å². The number of amides is 1. The standard InChI is InChI=1S/C22H26FN3O2.2ClH/c23-18-5-7-19(8-6-18)28-20-9-4-14(12-25-20)13-26-22(27)17-10-15-2-1-3-16(11-17)21(15)24;;/h4-9,12,15-17,21H,1-3,10-11,13,24H2,(H,26,27);2*1H. The van der Waals surface area contributed by atoms with Crippen LogP contribution in [-0.2, 0) is 11.3 Å². The van der Waals surface area contributed by atoms with Crippen molar-refractivity contribution < 1.29 is 13.9 Å². The number of carbonyl (C=O) groups excluding carboxylic acids is 1. The van der Waals surface area contributed by atoms with Crippen molar-refractivity contribution >= 4 is 30.7 Å². The van der Waals surface area contributed by atoms with Gasteiger partial charge in [-0.15, -0.1) is 24.8 Å². The average molecular weight is 456 g/mol. The fourth-order valence-corrected chi connectivity index (χ4v) is 4.54. The minimum Gasteiger partial charge on any atom is -0.439 e. The number of hydrogen-bond donors (Lipinski definition) is 2. The maximum absolute atomic E-state index is 12.9. The minimum atomic E-state index is -0.310. The molecule has 2 aliphatic rings. The molecule has 1 aromatic carbocycles. The van der Waals surface area contributed by atoms with Crippen molar-refractivity contribution in [1.82, 2.24) is 10.3 Å². The van der Waals surface area contributed by atoms with Gasteiger partial charge in [-0.2, -0.15) is 0 Å². The third-order valence-electron chi connectivity index (χ3n) is 6.08. The molecule has 0 radical (unpaired) electrons. The average Bonchev–Trinajstić information content (AvgIpc) is 2.69. The van der Waals surface area contributed by atoms with Gasteiger partial charge in [0.1, 0.15) is 11.6 Å². The van der Waals surface area contributed by atoms with Gasteiger partial charge in [0.25, 0.3) is 0 Å². The van der Waals surface area contributed by atoms with E-state index >= 15 is 0 Å². The molecule has 30 heavy (non-hydrogen) atoms. The van der Waals surface area contributed by atoms with Gasteiger partial charge in [-0.25, -0.2) is 9.37 Å². The first kappa shape index (κ1) is 24.4. The van der Waals surface area contributed by atoms with Crippen LogP contribution in [0.4, 0.5) is 4.39 Å². The highest BCUT2D eigenvalue weighted by Gasteiger charge is 2.40. The van der Waals surface area contributed by atoms with Gasteiger partial charge >= 0.3 is 0 Å². The van der Waals surface area contributed by atoms with Gasteiger partial charge in [0, 0.05) is 30.8 Å². The number of pyridine rings is 1. The lowest BCUT2D eigenvalue weighted by atomic mass is 9.65. The number of rotatable bonds is 5. The van der Waals surface area contributed by atoms with Crippen molar-refractivity contribution in [2.24, 2.45) is 23.5 Å². The van der Waals surface area contributed by atoms with E-state index < -0.39 is 0 Å². The molecule has 4 rings (SSSR count). The van der Waals surface area contributed by atoms with E-state index in [1.807, 2.05) is 6.07 Å². The fourth-order valence-electron chi connectivity index (χ4n) is 4.54. The number of ether oxygens (including phenoxy) is 1. The highest BCUT2D eigenvalue weighted by molar-refractivity contribution is 5.85. The number of nitrogens with zero attached hydrogens (tertiary/aromatic N) is 1. The van der Waals surface area contributed by atoms with Crippen LogP contribution < -0.4 is 15.8 Å². The molecule has 0 saturated heterocycles. The van der Waals surface area contributed by atoms with Gasteiger partial charge in [-0.1, -0.05) is 12.5 Å². The third kappa shape index (κ3) is 5.84. The van der Waals surface area contributed by atoms with E-state index in [1.165, 1.54) is 18.6 Å². The predicted molar refractivity (Wildman–Crippen MR) is 119 cm³/mol. The van der Waals surface area contributed by atoms with Crippen molar-refractivity contribution in [2.45, 2.75) is 44.7 Å². The van der Waals surface area contributed by atoms with Gasteiger partial charge in [-0.05, 0) is 67.3 Å². The molecule has 3 N–H and O–H groups in total. The van der Waals surface area contributed by atoms with Crippen LogP contribution in [0.15, 0.2) is 42.6 Å². The number of nitrogens with one attached hydrogen (secondary N) is 1. The summed E-state index contributed by atoms with van der Waals surface area (Å²) in [6, 6.07) is 9.67. The highest BCUT2D eigenvalue weighted by Crippen LogP contribution is 2.41. The Balaban J connectivity index is 0.00000160. The molecule has 2 saturated carbocycles. The lowest BCUT2D eigenvalue weighted by Gasteiger charge is -2.43. The maximum Gasteiger partial charge on any atom is 0.223 e. The molecule has 8 heteroatoms. The Morgan fingerprint density at radius 2 is 1.77 bits per heavy atom. The summed E-state index contributed by atoms with van der Waals surface area (Å²) in [6.07, 6.45) is 7.06. The van der Waals surface area contributed by atoms with Crippen molar-refractivity contribution in [3.05, 3.63) is 54.0 Å². The number of aromatic nitrogens is 1. The quantitative estimate of drug-likeness (QED) is 0.688. The van der Waals surface area contributed by atoms with Crippen LogP contribution in [0.1, 0.15) is 37.7 Å². The zero-order valence-corrected chi connectivity index (χ0v) is 18.3. The predicted octanol–water partition coefficient (Wildman–Crippen LogP) is 4.63. The SMILES string of the molecule is Cl.Cl.NC1C2CCCC1CC(C(=O)NCc1ccc(Oc3ccc(F)cc3)nc1)C2. The van der Waals surface area contributed by atoms with Crippen LogP contribution in [0.2, 0.25) is 0 Å². The number of nitrogens with two attached hydrogens (primary N) is 1. The van der Waals surface area contributed by atoms with Crippen LogP contribution >= 0.6 is 24.8 Å². The molecule has 2 fully saturated rings. The van der Waals surface area contributed by atoms with E-state index in [0.29, 0.717) is 30.0 Å². The number of hydrogen-bond acceptors (Lipinski definition) is 4. The Morgan fingerprint density at radius 1 is 1.10 bits per heavy atom. The van der Waals surface area contributed by atoms with Crippen molar-refractivity contribution in [3.8, 4) is 11.6 Å². The van der Waals surface area contributed by atoms with E-state index in [1.54, 1.807) is 24.4 Å². The zero-order valence-electron chi connectivity index (χ0n) is 16.6. The second kappa shape index (κ2) is 10.9. The fraction of sp³-hybridized carbons (Fsp3) is 0.455. The highest BCUT2D eigenvalue weighted by atomic mass is 35.5. The molecule has 1 amide bonds. The summed E-state index contributed by atoms with van der Waals surface area (Å²) < 4.78 is 18.5. The Morgan fingerprint density at radius 3 is 2.37 bits per heavy atom. The van der Waals surface area contributed by atoms with Gasteiger partial charge < -0.3 is 15.8 Å². The molecular formula is C22H28Cl2FN3O2. The third-order valence-corrected chi connectivity index (χ3v) is 6.08. The van der Waals surface area contributed by atoms with Crippen LogP contribution in [0.5, 0.6) is 11.6 Å². The molecule has 1 heterocycles. The van der Waals surface area contributed by atoms with Gasteiger partial charge in [-0.3, -0.25) is 4.79 Å². The summed E-state index contributed by atoms with van der Waals surface area (Å²) in [7, 11) is 0. The first-order chi connectivity index (χ1) is 13.6. The number of benzene rings is 1. The summed E-state index contributed by atoms with van der Waals surface area (Å²) in [5.74, 6) is 1.82. The summed E-state index contributed by atoms with van der Waals surface area (Å²) in [4.78, 5) is 16.9. The number of halogens is 3. The molecule has 5 nitrogen and oxygen atoms in total. The van der Waals surface area contributed by atoms with Crippen molar-refractivity contribution in [3.63, 3.8) is 0 Å². The minimum absolute atomic E-state index is 0. The largest absolute Gasteiger partial charge is 0.439 e. The summed E-state index contributed by atoms with van der Waals surface area (Å²) in [5.41, 5.74) is 7.23. The Hall–Kier alpha value is -1.89. The van der Waals surface area contributed by atoms with Crippen LogP contribution in [0.25, 0.3) is 0 Å². The van der Waals surface area contributed by atoms with Gasteiger partial charge in [0.2, 0.25) is 11.8 Å². The molecule has 0 spiro atoms. The van der Waals surface area contributed by atoms with Crippen LogP contribution in [-0.4, -0.2) is 16.9 Å². The molecular weight excluding hydrogens is 428 g/mol. The molecule has 2 aliphatic carbocycles. The monoisotopic (exact) mass is 455 g/mol. The maximum atomic E-state index is 12.9. The Kier molecular flexibility index (Phi) is 8.89. The number of carbonyl (C=O) groups is 1. The van der Waals surface area contributed by atoms with Gasteiger partial charge in [0.15, 0.2) is 0 Å².